The van der Waals surface area contributed by atoms with Crippen molar-refractivity contribution in [1.29, 1.82) is 0 Å². The molecule has 37 heavy (non-hydrogen) atoms. The molecule has 1 unspecified atom stereocenters. The summed E-state index contributed by atoms with van der Waals surface area (Å²) >= 11 is 0. The lowest BCUT2D eigenvalue weighted by molar-refractivity contribution is -0.110. The molecule has 0 fully saturated rings. The predicted octanol–water partition coefficient (Wildman–Crippen LogP) is 3.56. The lowest BCUT2D eigenvalue weighted by atomic mass is 10.0. The second kappa shape index (κ2) is 10.8. The number of hydrogen-bond donors (Lipinski definition) is 4. The molecule has 0 saturated heterocycles. The zero-order valence-electron chi connectivity index (χ0n) is 19.5. The Morgan fingerprint density at radius 2 is 2.00 bits per heavy atom. The van der Waals surface area contributed by atoms with Gasteiger partial charge in [-0.2, -0.15) is 0 Å². The first-order valence-corrected chi connectivity index (χ1v) is 11.4. The molecule has 0 radical (unpaired) electrons. The van der Waals surface area contributed by atoms with Gasteiger partial charge in [-0.3, -0.25) is 24.9 Å². The monoisotopic (exact) mass is 495 g/mol. The van der Waals surface area contributed by atoms with Crippen molar-refractivity contribution in [3.63, 3.8) is 0 Å². The zero-order valence-corrected chi connectivity index (χ0v) is 19.5. The van der Waals surface area contributed by atoms with Crippen LogP contribution in [0.25, 0.3) is 17.7 Å². The molecule has 5 rings (SSSR count). The Morgan fingerprint density at radius 3 is 2.78 bits per heavy atom. The van der Waals surface area contributed by atoms with Crippen molar-refractivity contribution in [1.82, 2.24) is 30.6 Å². The lowest BCUT2D eigenvalue weighted by Crippen LogP contribution is -2.38. The number of fused-ring (bicyclic) bond motifs is 1. The summed E-state index contributed by atoms with van der Waals surface area (Å²) in [7, 11) is 0. The van der Waals surface area contributed by atoms with Gasteiger partial charge in [-0.25, -0.2) is 9.37 Å². The molecule has 4 heterocycles. The van der Waals surface area contributed by atoms with Crippen molar-refractivity contribution in [2.24, 2.45) is 0 Å². The number of nitrogens with zero attached hydrogens (tertiary/aromatic N) is 3. The van der Waals surface area contributed by atoms with Crippen molar-refractivity contribution in [3.8, 4) is 0 Å². The molecule has 4 aromatic rings. The third-order valence-corrected chi connectivity index (χ3v) is 5.65. The summed E-state index contributed by atoms with van der Waals surface area (Å²) in [5, 5.41) is 8.92. The van der Waals surface area contributed by atoms with Crippen LogP contribution in [-0.2, 0) is 4.79 Å². The molecule has 2 amide bonds. The first kappa shape index (κ1) is 23.8. The first-order valence-electron chi connectivity index (χ1n) is 11.4. The molecule has 10 heteroatoms. The van der Waals surface area contributed by atoms with Gasteiger partial charge in [0.25, 0.3) is 11.8 Å². The molecule has 3 aromatic heterocycles. The van der Waals surface area contributed by atoms with Crippen molar-refractivity contribution >= 4 is 35.2 Å². The molecule has 0 spiro atoms. The van der Waals surface area contributed by atoms with Crippen LogP contribution in [0.1, 0.15) is 38.9 Å². The second-order valence-electron chi connectivity index (χ2n) is 8.22. The second-order valence-corrected chi connectivity index (χ2v) is 8.22. The quantitative estimate of drug-likeness (QED) is 0.219. The van der Waals surface area contributed by atoms with Gasteiger partial charge in [-0.15, -0.1) is 0 Å². The standard InChI is InChI=1S/C27H22FN7O2/c28-20-10-19(13-30-14-20)25(35-26(36)18-4-2-7-29-12-18)32-8-1-3-17-5-6-22-23(11-21-15-31-16-33-21)27(37)34-24(22)9-17/h1-7,9-16,25,32H,8H2,(H,31,33)(H,34,37)(H,35,36)/b3-1+,23-11-. The van der Waals surface area contributed by atoms with E-state index in [1.807, 2.05) is 30.4 Å². The molecular formula is C27H22FN7O2. The summed E-state index contributed by atoms with van der Waals surface area (Å²) < 4.78 is 13.8. The fourth-order valence-electron chi connectivity index (χ4n) is 3.89. The summed E-state index contributed by atoms with van der Waals surface area (Å²) in [5.41, 5.74) is 4.58. The van der Waals surface area contributed by atoms with E-state index in [2.05, 4.69) is 35.9 Å². The highest BCUT2D eigenvalue weighted by molar-refractivity contribution is 6.34. The Kier molecular flexibility index (Phi) is 6.91. The molecule has 4 N–H and O–H groups in total. The Labute approximate surface area is 211 Å². The molecule has 1 aliphatic heterocycles. The van der Waals surface area contributed by atoms with Gasteiger partial charge in [0.05, 0.1) is 35.6 Å². The molecule has 0 bridgehead atoms. The lowest BCUT2D eigenvalue weighted by Gasteiger charge is -2.20. The van der Waals surface area contributed by atoms with Crippen molar-refractivity contribution in [3.05, 3.63) is 114 Å². The van der Waals surface area contributed by atoms with Gasteiger partial charge in [0, 0.05) is 41.9 Å². The molecule has 1 aromatic carbocycles. The highest BCUT2D eigenvalue weighted by atomic mass is 19.1. The molecule has 1 atom stereocenters. The minimum absolute atomic E-state index is 0.178. The van der Waals surface area contributed by atoms with Crippen molar-refractivity contribution in [2.75, 3.05) is 11.9 Å². The van der Waals surface area contributed by atoms with Crippen LogP contribution >= 0.6 is 0 Å². The number of amides is 2. The maximum absolute atomic E-state index is 13.8. The minimum atomic E-state index is -0.685. The SMILES string of the molecule is O=C1Nc2cc(/C=C/CNC(NC(=O)c3cccnc3)c3cncc(F)c3)ccc2/C1=C/c1cnc[nH]1. The van der Waals surface area contributed by atoms with E-state index < -0.39 is 12.0 Å². The minimum Gasteiger partial charge on any atom is -0.345 e. The molecule has 0 saturated carbocycles. The zero-order chi connectivity index (χ0) is 25.6. The van der Waals surface area contributed by atoms with Crippen LogP contribution in [0.4, 0.5) is 10.1 Å². The smallest absolute Gasteiger partial charge is 0.256 e. The van der Waals surface area contributed by atoms with Gasteiger partial charge >= 0.3 is 0 Å². The van der Waals surface area contributed by atoms with Crippen LogP contribution in [0.2, 0.25) is 0 Å². The van der Waals surface area contributed by atoms with Crippen LogP contribution in [0.5, 0.6) is 0 Å². The average molecular weight is 496 g/mol. The number of hydrogen-bond acceptors (Lipinski definition) is 6. The number of halogens is 1. The van der Waals surface area contributed by atoms with Gasteiger partial charge in [0.2, 0.25) is 0 Å². The Morgan fingerprint density at radius 1 is 1.08 bits per heavy atom. The predicted molar refractivity (Wildman–Crippen MR) is 137 cm³/mol. The van der Waals surface area contributed by atoms with Gasteiger partial charge < -0.3 is 15.6 Å². The average Bonchev–Trinajstić information content (AvgIpc) is 3.54. The van der Waals surface area contributed by atoms with Gasteiger partial charge in [0.1, 0.15) is 12.0 Å². The summed E-state index contributed by atoms with van der Waals surface area (Å²) in [6.07, 6.45) is 13.7. The summed E-state index contributed by atoms with van der Waals surface area (Å²) in [4.78, 5) is 39.9. The van der Waals surface area contributed by atoms with E-state index in [0.29, 0.717) is 23.2 Å². The fourth-order valence-corrected chi connectivity index (χ4v) is 3.89. The van der Waals surface area contributed by atoms with Crippen LogP contribution in [0.15, 0.2) is 79.8 Å². The molecular weight excluding hydrogens is 473 g/mol. The van der Waals surface area contributed by atoms with Crippen molar-refractivity contribution in [2.45, 2.75) is 6.17 Å². The van der Waals surface area contributed by atoms with E-state index in [4.69, 9.17) is 0 Å². The maximum atomic E-state index is 13.8. The summed E-state index contributed by atoms with van der Waals surface area (Å²) in [5.74, 6) is -1.04. The number of nitrogens with one attached hydrogen (secondary N) is 4. The maximum Gasteiger partial charge on any atom is 0.256 e. The first-order chi connectivity index (χ1) is 18.1. The normalized spacial score (nSPS) is 14.5. The number of carbonyl (C=O) groups is 2. The van der Waals surface area contributed by atoms with Crippen molar-refractivity contribution < 1.29 is 14.0 Å². The number of pyridine rings is 2. The van der Waals surface area contributed by atoms with Crippen LogP contribution < -0.4 is 16.0 Å². The van der Waals surface area contributed by atoms with Crippen LogP contribution in [0, 0.1) is 5.82 Å². The van der Waals surface area contributed by atoms with E-state index in [0.717, 1.165) is 28.7 Å². The Bertz CT molecular complexity index is 1480. The van der Waals surface area contributed by atoms with E-state index in [1.54, 1.807) is 36.9 Å². The number of rotatable bonds is 8. The Balaban J connectivity index is 1.27. The molecule has 184 valence electrons. The highest BCUT2D eigenvalue weighted by Crippen LogP contribution is 2.33. The largest absolute Gasteiger partial charge is 0.345 e. The van der Waals surface area contributed by atoms with Gasteiger partial charge in [-0.05, 0) is 35.9 Å². The number of aromatic nitrogens is 4. The number of benzene rings is 1. The van der Waals surface area contributed by atoms with Gasteiger partial charge in [-0.1, -0.05) is 24.3 Å². The van der Waals surface area contributed by atoms with E-state index in [9.17, 15) is 14.0 Å². The number of carbonyl (C=O) groups excluding carboxylic acids is 2. The van der Waals surface area contributed by atoms with Crippen LogP contribution in [-0.4, -0.2) is 38.3 Å². The summed E-state index contributed by atoms with van der Waals surface area (Å²) in [6.45, 7) is 0.364. The molecule has 1 aliphatic rings. The fraction of sp³-hybridized carbons (Fsp3) is 0.0741. The molecule has 0 aliphatic carbocycles. The number of imidazole rings is 1. The third kappa shape index (κ3) is 5.65. The van der Waals surface area contributed by atoms with Crippen LogP contribution in [0.3, 0.4) is 0 Å². The molecule has 9 nitrogen and oxygen atoms in total. The number of H-pyrrole nitrogens is 1. The van der Waals surface area contributed by atoms with E-state index in [1.165, 1.54) is 18.5 Å². The highest BCUT2D eigenvalue weighted by Gasteiger charge is 2.24. The third-order valence-electron chi connectivity index (χ3n) is 5.65. The topological polar surface area (TPSA) is 125 Å². The number of aromatic amines is 1. The van der Waals surface area contributed by atoms with E-state index in [-0.39, 0.29) is 11.8 Å². The van der Waals surface area contributed by atoms with Gasteiger partial charge in [0.15, 0.2) is 0 Å². The van der Waals surface area contributed by atoms with E-state index >= 15 is 0 Å². The summed E-state index contributed by atoms with van der Waals surface area (Å²) in [6, 6.07) is 10.3. The number of anilines is 1. The Hall–Kier alpha value is -4.96.